The molecule has 1 unspecified atom stereocenters. The Morgan fingerprint density at radius 3 is 2.80 bits per heavy atom. The van der Waals surface area contributed by atoms with Crippen LogP contribution in [0.4, 0.5) is 0 Å². The number of carboxylic acid groups (broad SMARTS) is 1. The number of benzene rings is 1. The third-order valence-corrected chi connectivity index (χ3v) is 4.18. The highest BCUT2D eigenvalue weighted by Gasteiger charge is 2.28. The average Bonchev–Trinajstić information content (AvgIpc) is 2.97. The van der Waals surface area contributed by atoms with Crippen LogP contribution in [0.1, 0.15) is 23.3 Å². The molecule has 2 aromatic rings. The van der Waals surface area contributed by atoms with Crippen molar-refractivity contribution in [2.45, 2.75) is 26.8 Å². The summed E-state index contributed by atoms with van der Waals surface area (Å²) in [5.74, 6) is -0.0109. The average molecular weight is 273 g/mol. The van der Waals surface area contributed by atoms with Crippen LogP contribution in [0.5, 0.6) is 0 Å². The van der Waals surface area contributed by atoms with Crippen LogP contribution in [-0.4, -0.2) is 29.1 Å². The Morgan fingerprint density at radius 1 is 1.35 bits per heavy atom. The first-order valence-corrected chi connectivity index (χ1v) is 6.98. The maximum Gasteiger partial charge on any atom is 0.307 e. The van der Waals surface area contributed by atoms with E-state index in [0.717, 1.165) is 29.7 Å². The number of nitrogens with zero attached hydrogens (tertiary/aromatic N) is 1. The molecule has 0 spiro atoms. The van der Waals surface area contributed by atoms with Gasteiger partial charge in [-0.2, -0.15) is 0 Å². The Morgan fingerprint density at radius 2 is 2.10 bits per heavy atom. The molecule has 0 radical (unpaired) electrons. The van der Waals surface area contributed by atoms with E-state index in [-0.39, 0.29) is 5.92 Å². The van der Waals surface area contributed by atoms with Gasteiger partial charge in [-0.25, -0.2) is 0 Å². The number of hydrogen-bond acceptors (Lipinski definition) is 3. The first kappa shape index (κ1) is 13.2. The number of rotatable bonds is 3. The molecule has 0 aliphatic carbocycles. The van der Waals surface area contributed by atoms with E-state index in [4.69, 9.17) is 9.52 Å². The summed E-state index contributed by atoms with van der Waals surface area (Å²) >= 11 is 0. The Kier molecular flexibility index (Phi) is 3.26. The smallest absolute Gasteiger partial charge is 0.307 e. The summed E-state index contributed by atoms with van der Waals surface area (Å²) in [5, 5.41) is 10.1. The minimum atomic E-state index is -0.691. The first-order chi connectivity index (χ1) is 9.52. The lowest BCUT2D eigenvalue weighted by atomic mass is 10.1. The van der Waals surface area contributed by atoms with Gasteiger partial charge >= 0.3 is 5.97 Å². The van der Waals surface area contributed by atoms with Crippen molar-refractivity contribution >= 4 is 16.9 Å². The van der Waals surface area contributed by atoms with Crippen LogP contribution in [0.15, 0.2) is 22.6 Å². The molecule has 0 amide bonds. The van der Waals surface area contributed by atoms with Gasteiger partial charge in [0, 0.05) is 11.9 Å². The summed E-state index contributed by atoms with van der Waals surface area (Å²) < 4.78 is 5.87. The molecular formula is C16H19NO3. The molecule has 20 heavy (non-hydrogen) atoms. The van der Waals surface area contributed by atoms with Gasteiger partial charge in [-0.1, -0.05) is 0 Å². The van der Waals surface area contributed by atoms with Crippen molar-refractivity contribution in [1.82, 2.24) is 4.90 Å². The van der Waals surface area contributed by atoms with E-state index in [0.29, 0.717) is 13.1 Å². The van der Waals surface area contributed by atoms with E-state index < -0.39 is 5.97 Å². The number of furan rings is 1. The molecule has 4 nitrogen and oxygen atoms in total. The SMILES string of the molecule is Cc1cc2cc(CN3CCC(C(=O)O)C3)oc2cc1C. The lowest BCUT2D eigenvalue weighted by Gasteiger charge is -2.12. The minimum Gasteiger partial charge on any atom is -0.481 e. The fourth-order valence-corrected chi connectivity index (χ4v) is 2.83. The molecule has 0 saturated carbocycles. The summed E-state index contributed by atoms with van der Waals surface area (Å²) in [6.07, 6.45) is 0.730. The maximum atomic E-state index is 11.0. The molecule has 1 atom stereocenters. The fraction of sp³-hybridized carbons (Fsp3) is 0.438. The molecule has 0 bridgehead atoms. The van der Waals surface area contributed by atoms with Crippen molar-refractivity contribution < 1.29 is 14.3 Å². The number of aliphatic carboxylic acids is 1. The van der Waals surface area contributed by atoms with Gasteiger partial charge in [-0.3, -0.25) is 9.69 Å². The number of hydrogen-bond donors (Lipinski definition) is 1. The number of aryl methyl sites for hydroxylation is 2. The maximum absolute atomic E-state index is 11.0. The van der Waals surface area contributed by atoms with Crippen LogP contribution in [0, 0.1) is 19.8 Å². The standard InChI is InChI=1S/C16H19NO3/c1-10-5-13-7-14(20-15(13)6-11(10)2)9-17-4-3-12(8-17)16(18)19/h5-7,12H,3-4,8-9H2,1-2H3,(H,18,19). The molecule has 3 rings (SSSR count). The monoisotopic (exact) mass is 273 g/mol. The topological polar surface area (TPSA) is 53.7 Å². The molecule has 1 aromatic heterocycles. The van der Waals surface area contributed by atoms with Crippen molar-refractivity contribution in [1.29, 1.82) is 0 Å². The second-order valence-electron chi connectivity index (χ2n) is 5.75. The van der Waals surface area contributed by atoms with Crippen LogP contribution < -0.4 is 0 Å². The third-order valence-electron chi connectivity index (χ3n) is 4.18. The lowest BCUT2D eigenvalue weighted by molar-refractivity contribution is -0.141. The predicted molar refractivity (Wildman–Crippen MR) is 76.7 cm³/mol. The number of fused-ring (bicyclic) bond motifs is 1. The predicted octanol–water partition coefficient (Wildman–Crippen LogP) is 2.96. The van der Waals surface area contributed by atoms with Crippen LogP contribution in [-0.2, 0) is 11.3 Å². The van der Waals surface area contributed by atoms with E-state index in [9.17, 15) is 4.79 Å². The molecule has 106 valence electrons. The Bertz CT molecular complexity index is 620. The number of carboxylic acids is 1. The Hall–Kier alpha value is -1.81. The van der Waals surface area contributed by atoms with Crippen LogP contribution in [0.2, 0.25) is 0 Å². The van der Waals surface area contributed by atoms with Crippen molar-refractivity contribution in [3.8, 4) is 0 Å². The largest absolute Gasteiger partial charge is 0.481 e. The summed E-state index contributed by atoms with van der Waals surface area (Å²) in [6.45, 7) is 6.31. The molecule has 2 heterocycles. The zero-order valence-electron chi connectivity index (χ0n) is 11.8. The molecule has 4 heteroatoms. The molecule has 1 saturated heterocycles. The summed E-state index contributed by atoms with van der Waals surface area (Å²) in [7, 11) is 0. The normalized spacial score (nSPS) is 19.8. The van der Waals surface area contributed by atoms with Gasteiger partial charge in [-0.05, 0) is 56.1 Å². The van der Waals surface area contributed by atoms with Gasteiger partial charge in [0.2, 0.25) is 0 Å². The second-order valence-corrected chi connectivity index (χ2v) is 5.75. The van der Waals surface area contributed by atoms with Gasteiger partial charge < -0.3 is 9.52 Å². The van der Waals surface area contributed by atoms with E-state index in [2.05, 4.69) is 36.9 Å². The van der Waals surface area contributed by atoms with E-state index in [1.54, 1.807) is 0 Å². The minimum absolute atomic E-state index is 0.233. The molecule has 1 aromatic carbocycles. The van der Waals surface area contributed by atoms with Crippen LogP contribution in [0.3, 0.4) is 0 Å². The highest BCUT2D eigenvalue weighted by molar-refractivity contribution is 5.79. The molecule has 1 N–H and O–H groups in total. The fourth-order valence-electron chi connectivity index (χ4n) is 2.83. The third kappa shape index (κ3) is 2.43. The van der Waals surface area contributed by atoms with Crippen molar-refractivity contribution in [3.63, 3.8) is 0 Å². The van der Waals surface area contributed by atoms with Crippen LogP contribution in [0.25, 0.3) is 11.0 Å². The number of likely N-dealkylation sites (tertiary alicyclic amines) is 1. The first-order valence-electron chi connectivity index (χ1n) is 6.98. The van der Waals surface area contributed by atoms with Crippen LogP contribution >= 0.6 is 0 Å². The van der Waals surface area contributed by atoms with E-state index in [1.165, 1.54) is 11.1 Å². The van der Waals surface area contributed by atoms with Crippen molar-refractivity contribution in [2.75, 3.05) is 13.1 Å². The second kappa shape index (κ2) is 4.94. The van der Waals surface area contributed by atoms with Gasteiger partial charge in [0.05, 0.1) is 12.5 Å². The molecular weight excluding hydrogens is 254 g/mol. The van der Waals surface area contributed by atoms with Gasteiger partial charge in [0.15, 0.2) is 0 Å². The Balaban J connectivity index is 1.77. The zero-order chi connectivity index (χ0) is 14.3. The van der Waals surface area contributed by atoms with Crippen molar-refractivity contribution in [3.05, 3.63) is 35.1 Å². The van der Waals surface area contributed by atoms with Gasteiger partial charge in [-0.15, -0.1) is 0 Å². The number of carbonyl (C=O) groups is 1. The summed E-state index contributed by atoms with van der Waals surface area (Å²) in [4.78, 5) is 13.1. The summed E-state index contributed by atoms with van der Waals surface area (Å²) in [5.41, 5.74) is 3.40. The Labute approximate surface area is 118 Å². The quantitative estimate of drug-likeness (QED) is 0.934. The lowest BCUT2D eigenvalue weighted by Crippen LogP contribution is -2.22. The molecule has 1 aliphatic rings. The molecule has 1 aliphatic heterocycles. The van der Waals surface area contributed by atoms with E-state index in [1.807, 2.05) is 0 Å². The molecule has 1 fully saturated rings. The summed E-state index contributed by atoms with van der Waals surface area (Å²) in [6, 6.07) is 6.27. The van der Waals surface area contributed by atoms with Crippen molar-refractivity contribution in [2.24, 2.45) is 5.92 Å². The van der Waals surface area contributed by atoms with Gasteiger partial charge in [0.25, 0.3) is 0 Å². The van der Waals surface area contributed by atoms with Gasteiger partial charge in [0.1, 0.15) is 11.3 Å². The highest BCUT2D eigenvalue weighted by Crippen LogP contribution is 2.25. The zero-order valence-corrected chi connectivity index (χ0v) is 11.8. The van der Waals surface area contributed by atoms with E-state index >= 15 is 0 Å². The highest BCUT2D eigenvalue weighted by atomic mass is 16.4.